The highest BCUT2D eigenvalue weighted by Crippen LogP contribution is 2.49. The number of likely N-dealkylation sites (tertiary alicyclic amines) is 1. The number of carbonyl (C=O) groups excluding carboxylic acids is 1. The van der Waals surface area contributed by atoms with Crippen LogP contribution in [-0.2, 0) is 4.79 Å². The van der Waals surface area contributed by atoms with E-state index in [9.17, 15) is 4.79 Å². The summed E-state index contributed by atoms with van der Waals surface area (Å²) in [5.74, 6) is 1.64. The lowest BCUT2D eigenvalue weighted by atomic mass is 10.0. The van der Waals surface area contributed by atoms with Gasteiger partial charge in [-0.1, -0.05) is 0 Å². The maximum absolute atomic E-state index is 12.8. The van der Waals surface area contributed by atoms with Crippen molar-refractivity contribution in [2.45, 2.75) is 45.1 Å². The highest BCUT2D eigenvalue weighted by molar-refractivity contribution is 5.83. The molecule has 5 nitrogen and oxygen atoms in total. The highest BCUT2D eigenvalue weighted by atomic mass is 16.3. The van der Waals surface area contributed by atoms with Gasteiger partial charge in [-0.3, -0.25) is 9.48 Å². The molecule has 3 atom stereocenters. The molecule has 23 heavy (non-hydrogen) atoms. The van der Waals surface area contributed by atoms with Crippen molar-refractivity contribution in [2.24, 2.45) is 5.92 Å². The molecule has 2 aromatic rings. The predicted molar refractivity (Wildman–Crippen MR) is 86.1 cm³/mol. The number of piperidine rings is 1. The van der Waals surface area contributed by atoms with Crippen LogP contribution >= 0.6 is 0 Å². The number of aryl methyl sites for hydroxylation is 2. The monoisotopic (exact) mass is 313 g/mol. The molecule has 0 N–H and O–H groups in total. The molecular weight excluding hydrogens is 290 g/mol. The number of hydrogen-bond acceptors (Lipinski definition) is 3. The van der Waals surface area contributed by atoms with Gasteiger partial charge >= 0.3 is 0 Å². The number of hydrogen-bond donors (Lipinski definition) is 0. The predicted octanol–water partition coefficient (Wildman–Crippen LogP) is 3.06. The molecule has 0 unspecified atom stereocenters. The molecule has 2 aliphatic rings. The molecule has 1 aliphatic heterocycles. The van der Waals surface area contributed by atoms with Crippen molar-refractivity contribution in [3.05, 3.63) is 41.6 Å². The summed E-state index contributed by atoms with van der Waals surface area (Å²) in [4.78, 5) is 14.8. The first-order valence-corrected chi connectivity index (χ1v) is 8.48. The minimum atomic E-state index is 0.111. The quantitative estimate of drug-likeness (QED) is 0.875. The van der Waals surface area contributed by atoms with E-state index in [1.807, 2.05) is 24.0 Å². The Bertz CT molecular complexity index is 704. The Hall–Kier alpha value is -2.04. The summed E-state index contributed by atoms with van der Waals surface area (Å²) in [6, 6.07) is 6.29. The lowest BCUT2D eigenvalue weighted by Crippen LogP contribution is -2.42. The van der Waals surface area contributed by atoms with Crippen molar-refractivity contribution in [1.82, 2.24) is 14.7 Å². The van der Waals surface area contributed by atoms with Crippen LogP contribution in [0.5, 0.6) is 0 Å². The molecule has 0 aromatic carbocycles. The molecule has 3 heterocycles. The average molecular weight is 313 g/mol. The third kappa shape index (κ3) is 2.69. The Kier molecular flexibility index (Phi) is 3.51. The Labute approximate surface area is 136 Å². The Morgan fingerprint density at radius 3 is 2.96 bits per heavy atom. The first-order valence-electron chi connectivity index (χ1n) is 8.48. The molecule has 0 spiro atoms. The van der Waals surface area contributed by atoms with Gasteiger partial charge in [-0.25, -0.2) is 0 Å². The number of nitrogens with zero attached hydrogens (tertiary/aromatic N) is 3. The summed E-state index contributed by atoms with van der Waals surface area (Å²) in [6.45, 7) is 5.76. The first kappa shape index (κ1) is 14.5. The van der Waals surface area contributed by atoms with Gasteiger partial charge in [0.05, 0.1) is 18.0 Å². The lowest BCUT2D eigenvalue weighted by molar-refractivity contribution is -0.134. The van der Waals surface area contributed by atoms with E-state index in [2.05, 4.69) is 22.8 Å². The Morgan fingerprint density at radius 1 is 1.39 bits per heavy atom. The van der Waals surface area contributed by atoms with Gasteiger partial charge in [0, 0.05) is 30.6 Å². The topological polar surface area (TPSA) is 51.3 Å². The van der Waals surface area contributed by atoms with Crippen LogP contribution in [0.3, 0.4) is 0 Å². The minimum absolute atomic E-state index is 0.111. The smallest absolute Gasteiger partial charge is 0.226 e. The van der Waals surface area contributed by atoms with Gasteiger partial charge in [-0.15, -0.1) is 0 Å². The molecule has 0 radical (unpaired) electrons. The molecule has 4 rings (SSSR count). The van der Waals surface area contributed by atoms with Gasteiger partial charge in [0.25, 0.3) is 0 Å². The first-order chi connectivity index (χ1) is 11.1. The van der Waals surface area contributed by atoms with Crippen molar-refractivity contribution in [3.8, 4) is 0 Å². The third-order valence-electron chi connectivity index (χ3n) is 5.11. The number of aromatic nitrogens is 2. The van der Waals surface area contributed by atoms with Crippen LogP contribution < -0.4 is 0 Å². The summed E-state index contributed by atoms with van der Waals surface area (Å²) >= 11 is 0. The molecule has 2 aromatic heterocycles. The van der Waals surface area contributed by atoms with Crippen LogP contribution in [0.15, 0.2) is 28.9 Å². The van der Waals surface area contributed by atoms with Crippen LogP contribution in [-0.4, -0.2) is 33.7 Å². The van der Waals surface area contributed by atoms with Crippen molar-refractivity contribution < 1.29 is 9.21 Å². The molecule has 122 valence electrons. The van der Waals surface area contributed by atoms with Gasteiger partial charge in [-0.2, -0.15) is 5.10 Å². The molecule has 1 amide bonds. The Balaban J connectivity index is 1.44. The maximum Gasteiger partial charge on any atom is 0.226 e. The van der Waals surface area contributed by atoms with Crippen molar-refractivity contribution in [3.63, 3.8) is 0 Å². The molecule has 1 aliphatic carbocycles. The summed E-state index contributed by atoms with van der Waals surface area (Å²) in [5, 5.41) is 4.61. The van der Waals surface area contributed by atoms with E-state index < -0.39 is 0 Å². The van der Waals surface area contributed by atoms with Crippen LogP contribution in [0.2, 0.25) is 0 Å². The fraction of sp³-hybridized carbons (Fsp3) is 0.556. The Morgan fingerprint density at radius 2 is 2.26 bits per heavy atom. The second-order valence-electron chi connectivity index (χ2n) is 6.92. The highest BCUT2D eigenvalue weighted by Gasteiger charge is 2.48. The molecule has 1 saturated carbocycles. The zero-order valence-corrected chi connectivity index (χ0v) is 13.7. The largest absolute Gasteiger partial charge is 0.469 e. The molecule has 2 fully saturated rings. The maximum atomic E-state index is 12.8. The van der Waals surface area contributed by atoms with E-state index in [-0.39, 0.29) is 17.7 Å². The van der Waals surface area contributed by atoms with E-state index in [1.54, 1.807) is 6.26 Å². The van der Waals surface area contributed by atoms with E-state index >= 15 is 0 Å². The van der Waals surface area contributed by atoms with Gasteiger partial charge in [0.15, 0.2) is 0 Å². The number of carbonyl (C=O) groups is 1. The van der Waals surface area contributed by atoms with E-state index in [4.69, 9.17) is 4.42 Å². The molecule has 0 bridgehead atoms. The van der Waals surface area contributed by atoms with E-state index in [0.29, 0.717) is 6.04 Å². The van der Waals surface area contributed by atoms with E-state index in [1.165, 1.54) is 5.69 Å². The van der Waals surface area contributed by atoms with Crippen molar-refractivity contribution >= 4 is 5.91 Å². The fourth-order valence-electron chi connectivity index (χ4n) is 3.89. The summed E-state index contributed by atoms with van der Waals surface area (Å²) in [6.07, 6.45) is 4.76. The van der Waals surface area contributed by atoms with Gasteiger partial charge in [0.1, 0.15) is 5.76 Å². The van der Waals surface area contributed by atoms with Gasteiger partial charge in [-0.05, 0) is 51.3 Å². The number of rotatable bonds is 3. The number of furan rings is 1. The van der Waals surface area contributed by atoms with Crippen molar-refractivity contribution in [2.75, 3.05) is 13.1 Å². The number of amides is 1. The fourth-order valence-corrected chi connectivity index (χ4v) is 3.89. The second kappa shape index (κ2) is 5.55. The SMILES string of the molecule is Cc1cc(C)n([C@@H]2CCCN(C(=O)[C@@H]3C[C@@H]3c3ccco3)C2)n1. The molecule has 1 saturated heterocycles. The van der Waals surface area contributed by atoms with Crippen LogP contribution in [0.25, 0.3) is 0 Å². The summed E-state index contributed by atoms with van der Waals surface area (Å²) < 4.78 is 7.55. The van der Waals surface area contributed by atoms with Crippen LogP contribution in [0, 0.1) is 19.8 Å². The van der Waals surface area contributed by atoms with Gasteiger partial charge in [0.2, 0.25) is 5.91 Å². The standard InChI is InChI=1S/C18H23N3O2/c1-12-9-13(2)21(19-12)14-5-3-7-20(11-14)18(22)16-10-15(16)17-6-4-8-23-17/h4,6,8-9,14-16H,3,5,7,10-11H2,1-2H3/t14-,15+,16-/m1/s1. The lowest BCUT2D eigenvalue weighted by Gasteiger charge is -2.33. The summed E-state index contributed by atoms with van der Waals surface area (Å²) in [5.41, 5.74) is 2.23. The van der Waals surface area contributed by atoms with Crippen molar-refractivity contribution in [1.29, 1.82) is 0 Å². The zero-order chi connectivity index (χ0) is 16.0. The van der Waals surface area contributed by atoms with Crippen LogP contribution in [0.1, 0.15) is 48.4 Å². The van der Waals surface area contributed by atoms with Gasteiger partial charge < -0.3 is 9.32 Å². The van der Waals surface area contributed by atoms with Crippen LogP contribution in [0.4, 0.5) is 0 Å². The molecular formula is C18H23N3O2. The normalized spacial score (nSPS) is 27.2. The van der Waals surface area contributed by atoms with E-state index in [0.717, 1.165) is 43.8 Å². The zero-order valence-electron chi connectivity index (χ0n) is 13.7. The molecule has 5 heteroatoms. The summed E-state index contributed by atoms with van der Waals surface area (Å²) in [7, 11) is 0. The average Bonchev–Trinajstić information content (AvgIpc) is 2.99. The third-order valence-corrected chi connectivity index (χ3v) is 5.11. The minimum Gasteiger partial charge on any atom is -0.469 e. The second-order valence-corrected chi connectivity index (χ2v) is 6.92.